The Morgan fingerprint density at radius 1 is 1.05 bits per heavy atom. The summed E-state index contributed by atoms with van der Waals surface area (Å²) in [6, 6.07) is 12.7. The van der Waals surface area contributed by atoms with Crippen LogP contribution >= 0.6 is 0 Å². The van der Waals surface area contributed by atoms with Crippen molar-refractivity contribution in [2.45, 2.75) is 6.10 Å². The Morgan fingerprint density at radius 3 is 2.73 bits per heavy atom. The number of benzene rings is 2. The maximum absolute atomic E-state index is 11.6. The number of carbonyl (C=O) groups is 1. The Hall–Kier alpha value is -2.95. The number of hydrogen-bond donors (Lipinski definition) is 1. The van der Waals surface area contributed by atoms with Crippen LogP contribution in [0.1, 0.15) is 17.2 Å². The summed E-state index contributed by atoms with van der Waals surface area (Å²) in [7, 11) is 0. The second kappa shape index (κ2) is 4.80. The monoisotopic (exact) mass is 296 g/mol. The second-order valence-electron chi connectivity index (χ2n) is 5.05. The third-order valence-electron chi connectivity index (χ3n) is 3.70. The zero-order valence-corrected chi connectivity index (χ0v) is 11.5. The molecular weight excluding hydrogens is 284 g/mol. The lowest BCUT2D eigenvalue weighted by Crippen LogP contribution is -2.20. The fraction of sp³-hybridized carbons (Fsp3) is 0.118. The van der Waals surface area contributed by atoms with E-state index in [0.29, 0.717) is 22.8 Å². The van der Waals surface area contributed by atoms with Gasteiger partial charge in [-0.25, -0.2) is 4.79 Å². The molecule has 110 valence electrons. The highest BCUT2D eigenvalue weighted by molar-refractivity contribution is 5.95. The Bertz CT molecular complexity index is 793. The van der Waals surface area contributed by atoms with Crippen LogP contribution in [-0.4, -0.2) is 17.9 Å². The minimum absolute atomic E-state index is 0.175. The molecule has 4 rings (SSSR count). The van der Waals surface area contributed by atoms with E-state index >= 15 is 0 Å². The first kappa shape index (κ1) is 12.8. The molecule has 22 heavy (non-hydrogen) atoms. The van der Waals surface area contributed by atoms with Crippen molar-refractivity contribution < 1.29 is 24.1 Å². The molecule has 2 aliphatic rings. The summed E-state index contributed by atoms with van der Waals surface area (Å²) in [6.45, 7) is 0.175. The maximum atomic E-state index is 11.6. The molecule has 0 spiro atoms. The van der Waals surface area contributed by atoms with Gasteiger partial charge >= 0.3 is 5.97 Å². The summed E-state index contributed by atoms with van der Waals surface area (Å²) in [6.07, 6.45) is 0.970. The standard InChI is InChI=1S/C17H12O5/c18-17(19)12-7-10-3-1-2-4-13(10)22-16(12)11-5-6-14-15(8-11)21-9-20-14/h1-8,16H,9H2,(H,18,19)/t16-/m0/s1. The van der Waals surface area contributed by atoms with Crippen LogP contribution in [0.3, 0.4) is 0 Å². The molecule has 0 radical (unpaired) electrons. The van der Waals surface area contributed by atoms with Crippen molar-refractivity contribution in [1.29, 1.82) is 0 Å². The predicted octanol–water partition coefficient (Wildman–Crippen LogP) is 3.02. The average Bonchev–Trinajstić information content (AvgIpc) is 3.01. The fourth-order valence-corrected chi connectivity index (χ4v) is 2.64. The third-order valence-corrected chi connectivity index (χ3v) is 3.70. The summed E-state index contributed by atoms with van der Waals surface area (Å²) < 4.78 is 16.5. The number of aliphatic carboxylic acids is 1. The molecule has 2 aliphatic heterocycles. The number of hydrogen-bond acceptors (Lipinski definition) is 4. The van der Waals surface area contributed by atoms with Crippen molar-refractivity contribution >= 4 is 12.0 Å². The molecule has 2 aromatic carbocycles. The molecule has 2 heterocycles. The molecule has 0 saturated carbocycles. The number of carboxylic acid groups (broad SMARTS) is 1. The molecule has 1 N–H and O–H groups in total. The normalized spacial score (nSPS) is 18.2. The van der Waals surface area contributed by atoms with Gasteiger partial charge < -0.3 is 19.3 Å². The lowest BCUT2D eigenvalue weighted by molar-refractivity contribution is -0.133. The molecule has 1 atom stereocenters. The van der Waals surface area contributed by atoms with Gasteiger partial charge in [-0.1, -0.05) is 24.3 Å². The molecule has 0 aromatic heterocycles. The van der Waals surface area contributed by atoms with E-state index in [2.05, 4.69) is 0 Å². The molecule has 2 aromatic rings. The molecule has 5 heteroatoms. The van der Waals surface area contributed by atoms with E-state index in [-0.39, 0.29) is 12.4 Å². The topological polar surface area (TPSA) is 65.0 Å². The van der Waals surface area contributed by atoms with Crippen molar-refractivity contribution in [2.75, 3.05) is 6.79 Å². The fourth-order valence-electron chi connectivity index (χ4n) is 2.64. The summed E-state index contributed by atoms with van der Waals surface area (Å²) in [4.78, 5) is 11.6. The van der Waals surface area contributed by atoms with E-state index in [1.807, 2.05) is 24.3 Å². The minimum Gasteiger partial charge on any atom is -0.480 e. The van der Waals surface area contributed by atoms with Crippen LogP contribution in [0.2, 0.25) is 0 Å². The van der Waals surface area contributed by atoms with E-state index in [1.54, 1.807) is 24.3 Å². The molecular formula is C17H12O5. The Labute approximate surface area is 126 Å². The number of para-hydroxylation sites is 1. The lowest BCUT2D eigenvalue weighted by atomic mass is 9.96. The highest BCUT2D eigenvalue weighted by Gasteiger charge is 2.30. The molecule has 0 aliphatic carbocycles. The number of rotatable bonds is 2. The van der Waals surface area contributed by atoms with Crippen LogP contribution in [0, 0.1) is 0 Å². The van der Waals surface area contributed by atoms with E-state index in [4.69, 9.17) is 14.2 Å². The first-order chi connectivity index (χ1) is 10.7. The zero-order chi connectivity index (χ0) is 15.1. The molecule has 0 bridgehead atoms. The minimum atomic E-state index is -1.00. The van der Waals surface area contributed by atoms with Gasteiger partial charge in [0.2, 0.25) is 6.79 Å². The van der Waals surface area contributed by atoms with Crippen molar-refractivity contribution in [1.82, 2.24) is 0 Å². The average molecular weight is 296 g/mol. The molecule has 0 amide bonds. The van der Waals surface area contributed by atoms with Crippen molar-refractivity contribution in [3.63, 3.8) is 0 Å². The molecule has 0 saturated heterocycles. The smallest absolute Gasteiger partial charge is 0.335 e. The van der Waals surface area contributed by atoms with Crippen LogP contribution in [0.15, 0.2) is 48.0 Å². The summed E-state index contributed by atoms with van der Waals surface area (Å²) >= 11 is 0. The second-order valence-corrected chi connectivity index (χ2v) is 5.05. The summed E-state index contributed by atoms with van der Waals surface area (Å²) in [5.41, 5.74) is 1.67. The first-order valence-corrected chi connectivity index (χ1v) is 6.82. The maximum Gasteiger partial charge on any atom is 0.335 e. The molecule has 0 fully saturated rings. The highest BCUT2D eigenvalue weighted by Crippen LogP contribution is 2.41. The van der Waals surface area contributed by atoms with Crippen LogP contribution in [0.4, 0.5) is 0 Å². The van der Waals surface area contributed by atoms with Crippen LogP contribution in [-0.2, 0) is 4.79 Å². The quantitative estimate of drug-likeness (QED) is 0.922. The number of ether oxygens (including phenoxy) is 3. The SMILES string of the molecule is O=C(O)C1=Cc2ccccc2O[C@H]1c1ccc2c(c1)OCO2. The molecule has 5 nitrogen and oxygen atoms in total. The van der Waals surface area contributed by atoms with Gasteiger partial charge in [0.1, 0.15) is 5.75 Å². The van der Waals surface area contributed by atoms with E-state index in [1.165, 1.54) is 0 Å². The van der Waals surface area contributed by atoms with Gasteiger partial charge in [0, 0.05) is 11.1 Å². The van der Waals surface area contributed by atoms with E-state index in [9.17, 15) is 9.90 Å². The predicted molar refractivity (Wildman–Crippen MR) is 78.0 cm³/mol. The van der Waals surface area contributed by atoms with Crippen LogP contribution in [0.5, 0.6) is 17.2 Å². The van der Waals surface area contributed by atoms with E-state index in [0.717, 1.165) is 5.56 Å². The van der Waals surface area contributed by atoms with Gasteiger partial charge in [0.15, 0.2) is 17.6 Å². The largest absolute Gasteiger partial charge is 0.480 e. The van der Waals surface area contributed by atoms with Crippen molar-refractivity contribution in [2.24, 2.45) is 0 Å². The van der Waals surface area contributed by atoms with Gasteiger partial charge in [-0.15, -0.1) is 0 Å². The van der Waals surface area contributed by atoms with E-state index < -0.39 is 12.1 Å². The summed E-state index contributed by atoms with van der Waals surface area (Å²) in [5, 5.41) is 9.48. The Kier molecular flexibility index (Phi) is 2.79. The first-order valence-electron chi connectivity index (χ1n) is 6.82. The van der Waals surface area contributed by atoms with Gasteiger partial charge in [-0.05, 0) is 24.3 Å². The Balaban J connectivity index is 1.79. The Morgan fingerprint density at radius 2 is 1.86 bits per heavy atom. The van der Waals surface area contributed by atoms with Gasteiger partial charge in [-0.2, -0.15) is 0 Å². The van der Waals surface area contributed by atoms with Crippen LogP contribution < -0.4 is 14.2 Å². The van der Waals surface area contributed by atoms with Gasteiger partial charge in [0.05, 0.1) is 5.57 Å². The van der Waals surface area contributed by atoms with Gasteiger partial charge in [0.25, 0.3) is 0 Å². The zero-order valence-electron chi connectivity index (χ0n) is 11.5. The van der Waals surface area contributed by atoms with Crippen LogP contribution in [0.25, 0.3) is 6.08 Å². The number of carboxylic acids is 1. The van der Waals surface area contributed by atoms with Crippen molar-refractivity contribution in [3.8, 4) is 17.2 Å². The number of fused-ring (bicyclic) bond motifs is 2. The lowest BCUT2D eigenvalue weighted by Gasteiger charge is -2.25. The third kappa shape index (κ3) is 1.98. The van der Waals surface area contributed by atoms with Gasteiger partial charge in [-0.3, -0.25) is 0 Å². The summed E-state index contributed by atoms with van der Waals surface area (Å²) in [5.74, 6) is 0.915. The van der Waals surface area contributed by atoms with Crippen molar-refractivity contribution in [3.05, 3.63) is 59.2 Å². The molecule has 0 unspecified atom stereocenters. The highest BCUT2D eigenvalue weighted by atomic mass is 16.7.